The predicted octanol–water partition coefficient (Wildman–Crippen LogP) is 3.03. The summed E-state index contributed by atoms with van der Waals surface area (Å²) in [6, 6.07) is 8.12. The third kappa shape index (κ3) is 4.13. The van der Waals surface area contributed by atoms with Crippen molar-refractivity contribution in [3.8, 4) is 0 Å². The van der Waals surface area contributed by atoms with Crippen LogP contribution in [0.25, 0.3) is 11.2 Å². The van der Waals surface area contributed by atoms with Crippen molar-refractivity contribution in [1.82, 2.24) is 29.5 Å². The van der Waals surface area contributed by atoms with E-state index < -0.39 is 0 Å². The maximum absolute atomic E-state index is 6.12. The van der Waals surface area contributed by atoms with Gasteiger partial charge in [0.25, 0.3) is 0 Å². The number of nitrogens with zero attached hydrogens (tertiary/aromatic N) is 6. The monoisotopic (exact) mass is 384 g/mol. The Hall–Kier alpha value is -2.02. The Morgan fingerprint density at radius 3 is 2.89 bits per heavy atom. The maximum Gasteiger partial charge on any atom is 0.177 e. The van der Waals surface area contributed by atoms with Crippen molar-refractivity contribution in [2.24, 2.45) is 0 Å². The quantitative estimate of drug-likeness (QED) is 0.653. The van der Waals surface area contributed by atoms with Crippen LogP contribution in [-0.2, 0) is 13.1 Å². The Morgan fingerprint density at radius 2 is 2.07 bits per heavy atom. The summed E-state index contributed by atoms with van der Waals surface area (Å²) in [6.45, 7) is 4.72. The van der Waals surface area contributed by atoms with Crippen LogP contribution in [0.1, 0.15) is 23.6 Å². The van der Waals surface area contributed by atoms with Crippen LogP contribution in [0.5, 0.6) is 0 Å². The lowest BCUT2D eigenvalue weighted by Gasteiger charge is -2.15. The van der Waals surface area contributed by atoms with E-state index in [2.05, 4.69) is 39.9 Å². The van der Waals surface area contributed by atoms with Gasteiger partial charge in [-0.1, -0.05) is 23.7 Å². The van der Waals surface area contributed by atoms with Crippen molar-refractivity contribution in [2.45, 2.75) is 25.4 Å². The molecule has 7 heteroatoms. The molecule has 1 aliphatic rings. The smallest absolute Gasteiger partial charge is 0.177 e. The van der Waals surface area contributed by atoms with E-state index in [0.29, 0.717) is 5.92 Å². The first-order chi connectivity index (χ1) is 13.1. The molecule has 3 heterocycles. The summed E-state index contributed by atoms with van der Waals surface area (Å²) in [7, 11) is 4.14. The van der Waals surface area contributed by atoms with Gasteiger partial charge in [-0.25, -0.2) is 14.6 Å². The number of hydrogen-bond donors (Lipinski definition) is 0. The normalized spacial score (nSPS) is 18.0. The second kappa shape index (κ2) is 7.92. The summed E-state index contributed by atoms with van der Waals surface area (Å²) in [6.07, 6.45) is 4.61. The second-order valence-corrected chi connectivity index (χ2v) is 7.93. The number of likely N-dealkylation sites (N-methyl/N-ethyl adjacent to an activating group) is 1. The van der Waals surface area contributed by atoms with Gasteiger partial charge in [-0.2, -0.15) is 5.10 Å². The van der Waals surface area contributed by atoms with Crippen molar-refractivity contribution in [3.05, 3.63) is 52.9 Å². The minimum Gasteiger partial charge on any atom is -0.308 e. The van der Waals surface area contributed by atoms with Gasteiger partial charge in [0.05, 0.1) is 12.2 Å². The SMILES string of the molecule is CN(C)CCn1nc([C@H]2CCN(Cc3cccc(Cl)c3)C2)c2nccnc21. The second-order valence-electron chi connectivity index (χ2n) is 7.49. The van der Waals surface area contributed by atoms with Crippen molar-refractivity contribution in [2.75, 3.05) is 33.7 Å². The predicted molar refractivity (Wildman–Crippen MR) is 108 cm³/mol. The Bertz CT molecular complexity index is 922. The molecule has 6 nitrogen and oxygen atoms in total. The van der Waals surface area contributed by atoms with Gasteiger partial charge in [0.15, 0.2) is 5.65 Å². The van der Waals surface area contributed by atoms with E-state index in [9.17, 15) is 0 Å². The van der Waals surface area contributed by atoms with E-state index in [-0.39, 0.29) is 0 Å². The van der Waals surface area contributed by atoms with Crippen LogP contribution < -0.4 is 0 Å². The fraction of sp³-hybridized carbons (Fsp3) is 0.450. The highest BCUT2D eigenvalue weighted by Gasteiger charge is 2.29. The average Bonchev–Trinajstić information content (AvgIpc) is 3.24. The summed E-state index contributed by atoms with van der Waals surface area (Å²) >= 11 is 6.12. The lowest BCUT2D eigenvalue weighted by atomic mass is 10.0. The van der Waals surface area contributed by atoms with Gasteiger partial charge in [-0.3, -0.25) is 4.90 Å². The van der Waals surface area contributed by atoms with Crippen LogP contribution in [0.4, 0.5) is 0 Å². The summed E-state index contributed by atoms with van der Waals surface area (Å²) in [5.74, 6) is 0.393. The summed E-state index contributed by atoms with van der Waals surface area (Å²) in [5.41, 5.74) is 4.18. The van der Waals surface area contributed by atoms with Gasteiger partial charge in [-0.15, -0.1) is 0 Å². The zero-order valence-corrected chi connectivity index (χ0v) is 16.6. The first-order valence-corrected chi connectivity index (χ1v) is 9.77. The standard InChI is InChI=1S/C20H25ClN6/c1-25(2)10-11-27-20-19(22-7-8-23-20)18(24-27)16-6-9-26(14-16)13-15-4-3-5-17(21)12-15/h3-5,7-8,12,16H,6,9-11,13-14H2,1-2H3/t16-/m0/s1. The highest BCUT2D eigenvalue weighted by molar-refractivity contribution is 6.30. The molecule has 0 N–H and O–H groups in total. The van der Waals surface area contributed by atoms with Crippen LogP contribution in [-0.4, -0.2) is 63.3 Å². The number of likely N-dealkylation sites (tertiary alicyclic amines) is 1. The lowest BCUT2D eigenvalue weighted by Crippen LogP contribution is -2.20. The molecule has 27 heavy (non-hydrogen) atoms. The molecule has 0 amide bonds. The summed E-state index contributed by atoms with van der Waals surface area (Å²) < 4.78 is 2.01. The fourth-order valence-electron chi connectivity index (χ4n) is 3.74. The number of aromatic nitrogens is 4. The molecule has 1 aromatic carbocycles. The van der Waals surface area contributed by atoms with Crippen LogP contribution in [0.3, 0.4) is 0 Å². The van der Waals surface area contributed by atoms with Crippen LogP contribution in [0, 0.1) is 0 Å². The fourth-order valence-corrected chi connectivity index (χ4v) is 3.96. The average molecular weight is 385 g/mol. The molecule has 3 aromatic rings. The third-order valence-electron chi connectivity index (χ3n) is 5.11. The van der Waals surface area contributed by atoms with Crippen molar-refractivity contribution < 1.29 is 0 Å². The zero-order valence-electron chi connectivity index (χ0n) is 15.8. The van der Waals surface area contributed by atoms with Crippen molar-refractivity contribution in [3.63, 3.8) is 0 Å². The van der Waals surface area contributed by atoms with Crippen LogP contribution >= 0.6 is 11.6 Å². The van der Waals surface area contributed by atoms with Crippen molar-refractivity contribution >= 4 is 22.8 Å². The van der Waals surface area contributed by atoms with Gasteiger partial charge in [0.1, 0.15) is 5.52 Å². The highest BCUT2D eigenvalue weighted by Crippen LogP contribution is 2.31. The van der Waals surface area contributed by atoms with Gasteiger partial charge >= 0.3 is 0 Å². The minimum atomic E-state index is 0.393. The number of benzene rings is 1. The Morgan fingerprint density at radius 1 is 1.22 bits per heavy atom. The maximum atomic E-state index is 6.12. The first kappa shape index (κ1) is 18.3. The molecule has 0 spiro atoms. The molecule has 0 radical (unpaired) electrons. The third-order valence-corrected chi connectivity index (χ3v) is 5.34. The van der Waals surface area contributed by atoms with E-state index in [0.717, 1.165) is 61.0 Å². The van der Waals surface area contributed by atoms with E-state index >= 15 is 0 Å². The Kier molecular flexibility index (Phi) is 5.38. The Labute approximate surface area is 164 Å². The molecule has 1 fully saturated rings. The molecule has 1 saturated heterocycles. The van der Waals surface area contributed by atoms with Gasteiger partial charge in [0, 0.05) is 43.0 Å². The zero-order chi connectivity index (χ0) is 18.8. The van der Waals surface area contributed by atoms with Gasteiger partial charge < -0.3 is 4.90 Å². The first-order valence-electron chi connectivity index (χ1n) is 9.39. The molecular formula is C20H25ClN6. The Balaban J connectivity index is 1.52. The van der Waals surface area contributed by atoms with Crippen LogP contribution in [0.15, 0.2) is 36.7 Å². The molecule has 1 aliphatic heterocycles. The van der Waals surface area contributed by atoms with E-state index in [1.807, 2.05) is 22.9 Å². The van der Waals surface area contributed by atoms with E-state index in [4.69, 9.17) is 16.7 Å². The van der Waals surface area contributed by atoms with Crippen LogP contribution in [0.2, 0.25) is 5.02 Å². The molecule has 0 saturated carbocycles. The lowest BCUT2D eigenvalue weighted by molar-refractivity contribution is 0.326. The highest BCUT2D eigenvalue weighted by atomic mass is 35.5. The number of rotatable bonds is 6. The number of fused-ring (bicyclic) bond motifs is 1. The molecule has 4 rings (SSSR count). The molecule has 0 unspecified atom stereocenters. The largest absolute Gasteiger partial charge is 0.308 e. The van der Waals surface area contributed by atoms with E-state index in [1.54, 1.807) is 12.4 Å². The molecule has 2 aromatic heterocycles. The molecule has 0 bridgehead atoms. The van der Waals surface area contributed by atoms with Crippen molar-refractivity contribution in [1.29, 1.82) is 0 Å². The van der Waals surface area contributed by atoms with Gasteiger partial charge in [-0.05, 0) is 44.8 Å². The number of halogens is 1. The molecule has 1 atom stereocenters. The van der Waals surface area contributed by atoms with Gasteiger partial charge in [0.2, 0.25) is 0 Å². The molecule has 0 aliphatic carbocycles. The summed E-state index contributed by atoms with van der Waals surface area (Å²) in [4.78, 5) is 13.8. The number of hydrogen-bond acceptors (Lipinski definition) is 5. The molecule has 142 valence electrons. The topological polar surface area (TPSA) is 50.1 Å². The molecular weight excluding hydrogens is 360 g/mol. The van der Waals surface area contributed by atoms with E-state index in [1.165, 1.54) is 5.56 Å². The summed E-state index contributed by atoms with van der Waals surface area (Å²) in [5, 5.41) is 5.71. The minimum absolute atomic E-state index is 0.393.